The van der Waals surface area contributed by atoms with Gasteiger partial charge in [-0.15, -0.1) is 0 Å². The number of hydrogen-bond donors (Lipinski definition) is 2. The monoisotopic (exact) mass is 290 g/mol. The van der Waals surface area contributed by atoms with Gasteiger partial charge in [0.2, 0.25) is 0 Å². The number of hydrogen-bond acceptors (Lipinski definition) is 5. The average Bonchev–Trinajstić information content (AvgIpc) is 3.27. The summed E-state index contributed by atoms with van der Waals surface area (Å²) >= 11 is 0. The van der Waals surface area contributed by atoms with E-state index < -0.39 is 0 Å². The van der Waals surface area contributed by atoms with Gasteiger partial charge < -0.3 is 15.3 Å². The summed E-state index contributed by atoms with van der Waals surface area (Å²) in [6.45, 7) is 3.93. The second-order valence-electron chi connectivity index (χ2n) is 6.17. The van der Waals surface area contributed by atoms with Crippen molar-refractivity contribution >= 4 is 11.6 Å². The standard InChI is InChI=1S/C16H26N4O/c1-2-8-17-14-11-15(19-16(18-14)12-6-7-12)20(9-10-21)13-4-3-5-13/h11-13,21H,2-10H2,1H3,(H,17,18,19). The summed E-state index contributed by atoms with van der Waals surface area (Å²) < 4.78 is 0. The molecule has 0 amide bonds. The Kier molecular flexibility index (Phi) is 4.58. The van der Waals surface area contributed by atoms with E-state index in [4.69, 9.17) is 4.98 Å². The lowest BCUT2D eigenvalue weighted by atomic mass is 9.91. The molecule has 116 valence electrons. The number of nitrogens with one attached hydrogen (secondary N) is 1. The van der Waals surface area contributed by atoms with Crippen molar-refractivity contribution in [3.05, 3.63) is 11.9 Å². The molecule has 2 aliphatic rings. The van der Waals surface area contributed by atoms with Gasteiger partial charge in [0.05, 0.1) is 6.61 Å². The number of nitrogens with zero attached hydrogens (tertiary/aromatic N) is 3. The first kappa shape index (κ1) is 14.6. The second-order valence-corrected chi connectivity index (χ2v) is 6.17. The number of aliphatic hydroxyl groups excluding tert-OH is 1. The van der Waals surface area contributed by atoms with E-state index in [9.17, 15) is 5.11 Å². The van der Waals surface area contributed by atoms with Crippen LogP contribution in [0.4, 0.5) is 11.6 Å². The second kappa shape index (κ2) is 6.60. The molecule has 0 saturated heterocycles. The summed E-state index contributed by atoms with van der Waals surface area (Å²) in [4.78, 5) is 11.7. The first-order chi connectivity index (χ1) is 10.3. The maximum absolute atomic E-state index is 9.37. The van der Waals surface area contributed by atoms with Crippen LogP contribution >= 0.6 is 0 Å². The molecule has 1 aromatic heterocycles. The van der Waals surface area contributed by atoms with Crippen LogP contribution in [0.25, 0.3) is 0 Å². The Morgan fingerprint density at radius 2 is 2.10 bits per heavy atom. The van der Waals surface area contributed by atoms with Crippen molar-refractivity contribution < 1.29 is 5.11 Å². The molecule has 2 aliphatic carbocycles. The fourth-order valence-electron chi connectivity index (χ4n) is 2.76. The Balaban J connectivity index is 1.84. The Bertz CT molecular complexity index is 471. The zero-order valence-electron chi connectivity index (χ0n) is 12.9. The summed E-state index contributed by atoms with van der Waals surface area (Å²) in [5.74, 6) is 3.45. The van der Waals surface area contributed by atoms with Gasteiger partial charge in [-0.25, -0.2) is 9.97 Å². The van der Waals surface area contributed by atoms with Gasteiger partial charge in [-0.05, 0) is 38.5 Å². The predicted octanol–water partition coefficient (Wildman–Crippen LogP) is 2.53. The van der Waals surface area contributed by atoms with E-state index in [2.05, 4.69) is 28.2 Å². The minimum atomic E-state index is 0.178. The molecule has 21 heavy (non-hydrogen) atoms. The van der Waals surface area contributed by atoms with Crippen LogP contribution in [-0.2, 0) is 0 Å². The van der Waals surface area contributed by atoms with E-state index in [1.165, 1.54) is 32.1 Å². The number of aromatic nitrogens is 2. The maximum atomic E-state index is 9.37. The van der Waals surface area contributed by atoms with Crippen molar-refractivity contribution in [2.75, 3.05) is 29.9 Å². The molecule has 3 rings (SSSR count). The fraction of sp³-hybridized carbons (Fsp3) is 0.750. The highest BCUT2D eigenvalue weighted by Crippen LogP contribution is 2.39. The van der Waals surface area contributed by atoms with Crippen LogP contribution in [0.5, 0.6) is 0 Å². The highest BCUT2D eigenvalue weighted by atomic mass is 16.3. The predicted molar refractivity (Wildman–Crippen MR) is 84.9 cm³/mol. The molecule has 0 radical (unpaired) electrons. The van der Waals surface area contributed by atoms with Crippen LogP contribution in [0.3, 0.4) is 0 Å². The fourth-order valence-corrected chi connectivity index (χ4v) is 2.76. The lowest BCUT2D eigenvalue weighted by Gasteiger charge is -2.38. The van der Waals surface area contributed by atoms with Gasteiger partial charge in [-0.2, -0.15) is 0 Å². The van der Waals surface area contributed by atoms with E-state index >= 15 is 0 Å². The Morgan fingerprint density at radius 1 is 1.29 bits per heavy atom. The van der Waals surface area contributed by atoms with Gasteiger partial charge >= 0.3 is 0 Å². The van der Waals surface area contributed by atoms with Crippen LogP contribution < -0.4 is 10.2 Å². The molecule has 0 spiro atoms. The van der Waals surface area contributed by atoms with Crippen molar-refractivity contribution in [2.45, 2.75) is 57.4 Å². The molecule has 1 aromatic rings. The molecule has 0 unspecified atom stereocenters. The van der Waals surface area contributed by atoms with Crippen LogP contribution in [-0.4, -0.2) is 40.8 Å². The summed E-state index contributed by atoms with van der Waals surface area (Å²) in [7, 11) is 0. The van der Waals surface area contributed by atoms with Crippen LogP contribution in [0, 0.1) is 0 Å². The van der Waals surface area contributed by atoms with E-state index in [0.717, 1.165) is 30.4 Å². The molecule has 0 atom stereocenters. The number of anilines is 2. The van der Waals surface area contributed by atoms with E-state index in [1.807, 2.05) is 0 Å². The molecular formula is C16H26N4O. The summed E-state index contributed by atoms with van der Waals surface area (Å²) in [6, 6.07) is 2.59. The SMILES string of the molecule is CCCNc1cc(N(CCO)C2CCC2)nc(C2CC2)n1. The van der Waals surface area contributed by atoms with Gasteiger partial charge in [0.1, 0.15) is 17.5 Å². The highest BCUT2D eigenvalue weighted by molar-refractivity contribution is 5.51. The number of rotatable bonds is 8. The lowest BCUT2D eigenvalue weighted by molar-refractivity contribution is 0.283. The molecule has 5 nitrogen and oxygen atoms in total. The minimum absolute atomic E-state index is 0.178. The minimum Gasteiger partial charge on any atom is -0.395 e. The Labute approximate surface area is 126 Å². The average molecular weight is 290 g/mol. The molecule has 1 heterocycles. The summed E-state index contributed by atoms with van der Waals surface area (Å²) in [6.07, 6.45) is 7.20. The zero-order chi connectivity index (χ0) is 14.7. The molecule has 0 aromatic carbocycles. The Morgan fingerprint density at radius 3 is 2.67 bits per heavy atom. The van der Waals surface area contributed by atoms with Crippen molar-refractivity contribution in [3.8, 4) is 0 Å². The maximum Gasteiger partial charge on any atom is 0.136 e. The third-order valence-electron chi connectivity index (χ3n) is 4.38. The van der Waals surface area contributed by atoms with Crippen LogP contribution in [0.15, 0.2) is 6.07 Å². The highest BCUT2D eigenvalue weighted by Gasteiger charge is 2.30. The van der Waals surface area contributed by atoms with Gasteiger partial charge in [0, 0.05) is 31.1 Å². The lowest BCUT2D eigenvalue weighted by Crippen LogP contribution is -2.42. The third-order valence-corrected chi connectivity index (χ3v) is 4.38. The molecule has 2 N–H and O–H groups in total. The quantitative estimate of drug-likeness (QED) is 0.770. The van der Waals surface area contributed by atoms with E-state index in [1.54, 1.807) is 0 Å². The third kappa shape index (κ3) is 3.46. The topological polar surface area (TPSA) is 61.3 Å². The summed E-state index contributed by atoms with van der Waals surface area (Å²) in [5.41, 5.74) is 0. The first-order valence-electron chi connectivity index (χ1n) is 8.32. The zero-order valence-corrected chi connectivity index (χ0v) is 12.9. The molecule has 5 heteroatoms. The van der Waals surface area contributed by atoms with Crippen molar-refractivity contribution in [3.63, 3.8) is 0 Å². The van der Waals surface area contributed by atoms with Crippen molar-refractivity contribution in [1.29, 1.82) is 0 Å². The molecule has 0 aliphatic heterocycles. The molecule has 2 fully saturated rings. The van der Waals surface area contributed by atoms with E-state index in [-0.39, 0.29) is 6.61 Å². The van der Waals surface area contributed by atoms with Gasteiger partial charge in [0.15, 0.2) is 0 Å². The van der Waals surface area contributed by atoms with Crippen LogP contribution in [0.1, 0.15) is 57.2 Å². The van der Waals surface area contributed by atoms with Crippen LogP contribution in [0.2, 0.25) is 0 Å². The van der Waals surface area contributed by atoms with Gasteiger partial charge in [0.25, 0.3) is 0 Å². The van der Waals surface area contributed by atoms with E-state index in [0.29, 0.717) is 18.5 Å². The normalized spacial score (nSPS) is 18.4. The van der Waals surface area contributed by atoms with Crippen molar-refractivity contribution in [1.82, 2.24) is 9.97 Å². The van der Waals surface area contributed by atoms with Crippen molar-refractivity contribution in [2.24, 2.45) is 0 Å². The number of aliphatic hydroxyl groups is 1. The molecule has 0 bridgehead atoms. The molecule has 2 saturated carbocycles. The summed E-state index contributed by atoms with van der Waals surface area (Å²) in [5, 5.41) is 12.8. The largest absolute Gasteiger partial charge is 0.395 e. The van der Waals surface area contributed by atoms with Gasteiger partial charge in [-0.3, -0.25) is 0 Å². The molecular weight excluding hydrogens is 264 g/mol. The smallest absolute Gasteiger partial charge is 0.136 e. The first-order valence-corrected chi connectivity index (χ1v) is 8.32. The Hall–Kier alpha value is -1.36. The van der Waals surface area contributed by atoms with Gasteiger partial charge in [-0.1, -0.05) is 6.92 Å².